The average Bonchev–Trinajstić information content (AvgIpc) is 2.74. The van der Waals surface area contributed by atoms with Crippen molar-refractivity contribution in [1.29, 1.82) is 0 Å². The summed E-state index contributed by atoms with van der Waals surface area (Å²) in [5.74, 6) is -0.222. The number of hydrogen-bond acceptors (Lipinski definition) is 2. The highest BCUT2D eigenvalue weighted by molar-refractivity contribution is 6.31. The zero-order valence-corrected chi connectivity index (χ0v) is 13.9. The van der Waals surface area contributed by atoms with E-state index in [4.69, 9.17) is 23.2 Å². The predicted octanol–water partition coefficient (Wildman–Crippen LogP) is 4.35. The number of hydrogen-bond donors (Lipinski definition) is 0. The number of benzene rings is 2. The molecule has 1 heterocycles. The van der Waals surface area contributed by atoms with E-state index < -0.39 is 6.04 Å². The van der Waals surface area contributed by atoms with Gasteiger partial charge in [0.25, 0.3) is 5.91 Å². The van der Waals surface area contributed by atoms with Crippen LogP contribution >= 0.6 is 23.2 Å². The van der Waals surface area contributed by atoms with Crippen LogP contribution in [-0.2, 0) is 11.3 Å². The molecule has 0 saturated carbocycles. The molecule has 1 aliphatic rings. The molecular weight excluding hydrogens is 335 g/mol. The van der Waals surface area contributed by atoms with Gasteiger partial charge in [0.2, 0.25) is 0 Å². The fraction of sp³-hybridized carbons (Fsp3) is 0.176. The third-order valence-electron chi connectivity index (χ3n) is 3.81. The van der Waals surface area contributed by atoms with E-state index in [0.717, 1.165) is 5.56 Å². The van der Waals surface area contributed by atoms with Gasteiger partial charge in [-0.1, -0.05) is 35.3 Å². The molecule has 3 rings (SSSR count). The quantitative estimate of drug-likeness (QED) is 0.773. The van der Waals surface area contributed by atoms with Crippen molar-refractivity contribution in [3.8, 4) is 0 Å². The van der Waals surface area contributed by atoms with Crippen molar-refractivity contribution in [3.63, 3.8) is 0 Å². The van der Waals surface area contributed by atoms with E-state index >= 15 is 0 Å². The Labute approximate surface area is 144 Å². The van der Waals surface area contributed by atoms with Gasteiger partial charge in [-0.25, -0.2) is 4.79 Å². The summed E-state index contributed by atoms with van der Waals surface area (Å²) in [6.45, 7) is 1.94. The lowest BCUT2D eigenvalue weighted by atomic mass is 10.2. The maximum Gasteiger partial charge on any atom is 0.332 e. The molecule has 2 aromatic rings. The van der Waals surface area contributed by atoms with Crippen molar-refractivity contribution in [2.24, 2.45) is 0 Å². The Balaban J connectivity index is 1.85. The van der Waals surface area contributed by atoms with Crippen LogP contribution in [0.2, 0.25) is 10.0 Å². The van der Waals surface area contributed by atoms with Crippen molar-refractivity contribution in [2.45, 2.75) is 19.5 Å². The van der Waals surface area contributed by atoms with E-state index in [9.17, 15) is 9.59 Å². The number of urea groups is 1. The van der Waals surface area contributed by atoms with E-state index in [2.05, 4.69) is 0 Å². The van der Waals surface area contributed by atoms with Gasteiger partial charge in [-0.2, -0.15) is 0 Å². The van der Waals surface area contributed by atoms with Crippen molar-refractivity contribution < 1.29 is 9.59 Å². The van der Waals surface area contributed by atoms with Crippen LogP contribution in [0.3, 0.4) is 0 Å². The second kappa shape index (κ2) is 6.22. The van der Waals surface area contributed by atoms with Gasteiger partial charge >= 0.3 is 6.03 Å². The standard InChI is InChI=1S/C17H14Cl2N2O2/c1-11-16(22)20(10-12-2-4-13(18)5-3-12)17(23)21(11)15-8-6-14(19)7-9-15/h2-9,11H,10H2,1H3. The summed E-state index contributed by atoms with van der Waals surface area (Å²) in [7, 11) is 0. The van der Waals surface area contributed by atoms with Crippen LogP contribution in [0.1, 0.15) is 12.5 Å². The number of carbonyl (C=O) groups is 2. The summed E-state index contributed by atoms with van der Waals surface area (Å²) >= 11 is 11.7. The molecule has 1 fully saturated rings. The Kier molecular flexibility index (Phi) is 4.28. The van der Waals surface area contributed by atoms with Crippen molar-refractivity contribution in [3.05, 3.63) is 64.1 Å². The molecule has 0 aliphatic carbocycles. The maximum absolute atomic E-state index is 12.7. The number of imide groups is 1. The molecule has 0 aromatic heterocycles. The normalized spacial score (nSPS) is 18.0. The molecule has 0 N–H and O–H groups in total. The predicted molar refractivity (Wildman–Crippen MR) is 90.8 cm³/mol. The Bertz CT molecular complexity index is 744. The minimum Gasteiger partial charge on any atom is -0.282 e. The summed E-state index contributed by atoms with van der Waals surface area (Å²) in [4.78, 5) is 27.8. The molecule has 3 amide bonds. The molecular formula is C17H14Cl2N2O2. The molecule has 0 radical (unpaired) electrons. The molecule has 1 atom stereocenters. The van der Waals surface area contributed by atoms with E-state index in [1.54, 1.807) is 55.5 Å². The first kappa shape index (κ1) is 15.8. The second-order valence-corrected chi connectivity index (χ2v) is 6.23. The zero-order valence-electron chi connectivity index (χ0n) is 12.4. The first-order valence-corrected chi connectivity index (χ1v) is 7.87. The van der Waals surface area contributed by atoms with E-state index in [0.29, 0.717) is 15.7 Å². The average molecular weight is 349 g/mol. The maximum atomic E-state index is 12.7. The minimum absolute atomic E-state index is 0.222. The highest BCUT2D eigenvalue weighted by atomic mass is 35.5. The topological polar surface area (TPSA) is 40.6 Å². The highest BCUT2D eigenvalue weighted by Crippen LogP contribution is 2.28. The molecule has 118 valence electrons. The molecule has 1 aliphatic heterocycles. The van der Waals surface area contributed by atoms with Crippen LogP contribution < -0.4 is 4.90 Å². The lowest BCUT2D eigenvalue weighted by Gasteiger charge is -2.19. The largest absolute Gasteiger partial charge is 0.332 e. The van der Waals surface area contributed by atoms with Crippen LogP contribution in [0.4, 0.5) is 10.5 Å². The van der Waals surface area contributed by atoms with Gasteiger partial charge in [-0.15, -0.1) is 0 Å². The molecule has 0 bridgehead atoms. The summed E-state index contributed by atoms with van der Waals surface area (Å²) in [5, 5.41) is 1.20. The zero-order chi connectivity index (χ0) is 16.6. The Morgan fingerprint density at radius 1 is 0.913 bits per heavy atom. The van der Waals surface area contributed by atoms with Crippen molar-refractivity contribution in [1.82, 2.24) is 4.90 Å². The second-order valence-electron chi connectivity index (χ2n) is 5.36. The van der Waals surface area contributed by atoms with Gasteiger partial charge in [0.05, 0.1) is 6.54 Å². The van der Waals surface area contributed by atoms with Gasteiger partial charge < -0.3 is 0 Å². The smallest absolute Gasteiger partial charge is 0.282 e. The summed E-state index contributed by atoms with van der Waals surface area (Å²) in [6, 6.07) is 13.1. The fourth-order valence-corrected chi connectivity index (χ4v) is 2.83. The minimum atomic E-state index is -0.545. The van der Waals surface area contributed by atoms with Gasteiger partial charge in [0.15, 0.2) is 0 Å². The summed E-state index contributed by atoms with van der Waals surface area (Å²) < 4.78 is 0. The highest BCUT2D eigenvalue weighted by Gasteiger charge is 2.43. The number of amides is 3. The Hall–Kier alpha value is -2.04. The molecule has 4 nitrogen and oxygen atoms in total. The first-order valence-electron chi connectivity index (χ1n) is 7.12. The third-order valence-corrected chi connectivity index (χ3v) is 4.31. The first-order chi connectivity index (χ1) is 11.0. The van der Waals surface area contributed by atoms with Gasteiger partial charge in [0, 0.05) is 15.7 Å². The molecule has 23 heavy (non-hydrogen) atoms. The number of halogens is 2. The molecule has 2 aromatic carbocycles. The van der Waals surface area contributed by atoms with Crippen molar-refractivity contribution >= 4 is 40.8 Å². The summed E-state index contributed by atoms with van der Waals surface area (Å²) in [6.07, 6.45) is 0. The van der Waals surface area contributed by atoms with Crippen LogP contribution in [0.25, 0.3) is 0 Å². The van der Waals surface area contributed by atoms with Crippen LogP contribution in [-0.4, -0.2) is 22.9 Å². The van der Waals surface area contributed by atoms with Crippen molar-refractivity contribution in [2.75, 3.05) is 4.90 Å². The summed E-state index contributed by atoms with van der Waals surface area (Å²) in [5.41, 5.74) is 1.50. The number of nitrogens with zero attached hydrogens (tertiary/aromatic N) is 2. The molecule has 1 saturated heterocycles. The number of anilines is 1. The van der Waals surface area contributed by atoms with E-state index in [1.807, 2.05) is 0 Å². The Morgan fingerprint density at radius 3 is 2.00 bits per heavy atom. The lowest BCUT2D eigenvalue weighted by molar-refractivity contribution is -0.127. The third kappa shape index (κ3) is 3.05. The van der Waals surface area contributed by atoms with E-state index in [1.165, 1.54) is 9.80 Å². The molecule has 0 spiro atoms. The van der Waals surface area contributed by atoms with Crippen LogP contribution in [0, 0.1) is 0 Å². The number of carbonyl (C=O) groups excluding carboxylic acids is 2. The lowest BCUT2D eigenvalue weighted by Crippen LogP contribution is -2.33. The van der Waals surface area contributed by atoms with Crippen LogP contribution in [0.15, 0.2) is 48.5 Å². The number of rotatable bonds is 3. The van der Waals surface area contributed by atoms with E-state index in [-0.39, 0.29) is 18.5 Å². The fourth-order valence-electron chi connectivity index (χ4n) is 2.58. The SMILES string of the molecule is CC1C(=O)N(Cc2ccc(Cl)cc2)C(=O)N1c1ccc(Cl)cc1. The van der Waals surface area contributed by atoms with Gasteiger partial charge in [-0.05, 0) is 48.9 Å². The molecule has 1 unspecified atom stereocenters. The van der Waals surface area contributed by atoms with Gasteiger partial charge in [-0.3, -0.25) is 14.6 Å². The molecule has 6 heteroatoms. The Morgan fingerprint density at radius 2 is 1.43 bits per heavy atom. The van der Waals surface area contributed by atoms with Gasteiger partial charge in [0.1, 0.15) is 6.04 Å². The monoisotopic (exact) mass is 348 g/mol. The van der Waals surface area contributed by atoms with Crippen LogP contribution in [0.5, 0.6) is 0 Å².